The molecule has 0 amide bonds. The topological polar surface area (TPSA) is 102 Å². The summed E-state index contributed by atoms with van der Waals surface area (Å²) in [5, 5.41) is 14.1. The van der Waals surface area contributed by atoms with E-state index in [2.05, 4.69) is 47.6 Å². The van der Waals surface area contributed by atoms with Gasteiger partial charge in [0, 0.05) is 42.8 Å². The first-order chi connectivity index (χ1) is 15.4. The lowest BCUT2D eigenvalue weighted by Gasteiger charge is -2.29. The van der Waals surface area contributed by atoms with Gasteiger partial charge in [-0.3, -0.25) is 4.98 Å². The molecule has 9 heteroatoms. The molecule has 1 N–H and O–H groups in total. The zero-order valence-electron chi connectivity index (χ0n) is 16.8. The van der Waals surface area contributed by atoms with Crippen LogP contribution in [0.5, 0.6) is 5.75 Å². The number of rotatable bonds is 6. The van der Waals surface area contributed by atoms with E-state index in [4.69, 9.17) is 9.47 Å². The monoisotopic (exact) mass is 415 g/mol. The molecule has 0 spiro atoms. The van der Waals surface area contributed by atoms with Gasteiger partial charge in [-0.15, -0.1) is 10.2 Å². The summed E-state index contributed by atoms with van der Waals surface area (Å²) in [5.41, 5.74) is 4.43. The Bertz CT molecular complexity index is 1130. The Balaban J connectivity index is 1.28. The van der Waals surface area contributed by atoms with Crippen molar-refractivity contribution < 1.29 is 9.47 Å². The molecule has 156 valence electrons. The summed E-state index contributed by atoms with van der Waals surface area (Å²) in [6, 6.07) is 16.2. The molecule has 0 radical (unpaired) electrons. The standard InChI is InChI=1S/C22H21N7O2/c1-2-18(29-10-12-30-13-11-29)14-19(3-1)31-15-16-4-6-17(7-5-16)20-21(24-9-8-23-20)22-25-27-28-26-22/h1-9,14H,10-13,15H2,(H,25,26,27,28). The molecule has 4 aromatic rings. The number of hydrogen-bond acceptors (Lipinski definition) is 8. The molecule has 0 bridgehead atoms. The van der Waals surface area contributed by atoms with E-state index in [0.29, 0.717) is 23.8 Å². The summed E-state index contributed by atoms with van der Waals surface area (Å²) >= 11 is 0. The van der Waals surface area contributed by atoms with E-state index in [1.165, 1.54) is 0 Å². The molecule has 1 aliphatic heterocycles. The summed E-state index contributed by atoms with van der Waals surface area (Å²) in [5.74, 6) is 1.26. The number of tetrazole rings is 1. The van der Waals surface area contributed by atoms with Crippen LogP contribution in [0, 0.1) is 0 Å². The van der Waals surface area contributed by atoms with Crippen LogP contribution in [0.15, 0.2) is 60.9 Å². The summed E-state index contributed by atoms with van der Waals surface area (Å²) in [7, 11) is 0. The van der Waals surface area contributed by atoms with Gasteiger partial charge in [0.2, 0.25) is 5.82 Å². The van der Waals surface area contributed by atoms with Crippen molar-refractivity contribution in [2.45, 2.75) is 6.61 Å². The summed E-state index contributed by atoms with van der Waals surface area (Å²) in [6.45, 7) is 3.80. The first-order valence-electron chi connectivity index (χ1n) is 10.1. The number of hydrogen-bond donors (Lipinski definition) is 1. The maximum Gasteiger partial charge on any atom is 0.225 e. The maximum atomic E-state index is 6.03. The van der Waals surface area contributed by atoms with Gasteiger partial charge in [0.05, 0.1) is 18.9 Å². The average Bonchev–Trinajstić information content (AvgIpc) is 3.39. The first-order valence-corrected chi connectivity index (χ1v) is 10.1. The van der Waals surface area contributed by atoms with E-state index in [-0.39, 0.29) is 0 Å². The van der Waals surface area contributed by atoms with Crippen LogP contribution in [0.4, 0.5) is 5.69 Å². The zero-order valence-corrected chi connectivity index (χ0v) is 16.8. The van der Waals surface area contributed by atoms with Crippen LogP contribution >= 0.6 is 0 Å². The summed E-state index contributed by atoms with van der Waals surface area (Å²) in [4.78, 5) is 11.1. The molecule has 2 aromatic carbocycles. The van der Waals surface area contributed by atoms with E-state index in [1.54, 1.807) is 12.4 Å². The quantitative estimate of drug-likeness (QED) is 0.513. The predicted octanol–water partition coefficient (Wildman–Crippen LogP) is 2.74. The predicted molar refractivity (Wildman–Crippen MR) is 114 cm³/mol. The third-order valence-electron chi connectivity index (χ3n) is 5.08. The van der Waals surface area contributed by atoms with Crippen LogP contribution < -0.4 is 9.64 Å². The summed E-state index contributed by atoms with van der Waals surface area (Å²) < 4.78 is 11.5. The second kappa shape index (κ2) is 8.88. The van der Waals surface area contributed by atoms with Crippen molar-refractivity contribution in [3.05, 3.63) is 66.5 Å². The average molecular weight is 415 g/mol. The van der Waals surface area contributed by atoms with E-state index < -0.39 is 0 Å². The molecule has 5 rings (SSSR count). The molecular weight excluding hydrogens is 394 g/mol. The molecule has 1 saturated heterocycles. The Hall–Kier alpha value is -3.85. The minimum absolute atomic E-state index is 0.413. The minimum Gasteiger partial charge on any atom is -0.489 e. The lowest BCUT2D eigenvalue weighted by molar-refractivity contribution is 0.122. The highest BCUT2D eigenvalue weighted by atomic mass is 16.5. The van der Waals surface area contributed by atoms with Crippen molar-refractivity contribution in [2.24, 2.45) is 0 Å². The smallest absolute Gasteiger partial charge is 0.225 e. The number of H-pyrrole nitrogens is 1. The molecule has 2 aromatic heterocycles. The lowest BCUT2D eigenvalue weighted by atomic mass is 10.1. The van der Waals surface area contributed by atoms with Gasteiger partial charge in [-0.1, -0.05) is 30.3 Å². The van der Waals surface area contributed by atoms with Gasteiger partial charge in [-0.2, -0.15) is 5.21 Å². The van der Waals surface area contributed by atoms with Crippen molar-refractivity contribution in [1.82, 2.24) is 30.6 Å². The Morgan fingerprint density at radius 3 is 2.55 bits per heavy atom. The Morgan fingerprint density at radius 1 is 0.968 bits per heavy atom. The molecule has 31 heavy (non-hydrogen) atoms. The number of benzene rings is 2. The van der Waals surface area contributed by atoms with Gasteiger partial charge in [0.1, 0.15) is 18.1 Å². The molecule has 0 atom stereocenters. The van der Waals surface area contributed by atoms with Crippen molar-refractivity contribution in [3.63, 3.8) is 0 Å². The van der Waals surface area contributed by atoms with Crippen molar-refractivity contribution in [1.29, 1.82) is 0 Å². The highest BCUT2D eigenvalue weighted by Gasteiger charge is 2.14. The fourth-order valence-corrected chi connectivity index (χ4v) is 3.49. The second-order valence-corrected chi connectivity index (χ2v) is 7.07. The fourth-order valence-electron chi connectivity index (χ4n) is 3.49. The van der Waals surface area contributed by atoms with Gasteiger partial charge in [-0.05, 0) is 22.9 Å². The Kier molecular flexibility index (Phi) is 5.48. The van der Waals surface area contributed by atoms with Crippen molar-refractivity contribution in [3.8, 4) is 28.5 Å². The first kappa shape index (κ1) is 19.1. The second-order valence-electron chi connectivity index (χ2n) is 7.07. The third-order valence-corrected chi connectivity index (χ3v) is 5.08. The van der Waals surface area contributed by atoms with Gasteiger partial charge >= 0.3 is 0 Å². The number of aromatic nitrogens is 6. The van der Waals surface area contributed by atoms with E-state index >= 15 is 0 Å². The molecule has 1 fully saturated rings. The van der Waals surface area contributed by atoms with E-state index in [0.717, 1.165) is 48.9 Å². The van der Waals surface area contributed by atoms with Crippen LogP contribution in [0.25, 0.3) is 22.8 Å². The van der Waals surface area contributed by atoms with Gasteiger partial charge < -0.3 is 14.4 Å². The lowest BCUT2D eigenvalue weighted by Crippen LogP contribution is -2.36. The van der Waals surface area contributed by atoms with Crippen LogP contribution in [0.2, 0.25) is 0 Å². The molecule has 3 heterocycles. The number of aromatic amines is 1. The minimum atomic E-state index is 0.413. The van der Waals surface area contributed by atoms with Crippen LogP contribution in [-0.2, 0) is 11.3 Å². The van der Waals surface area contributed by atoms with Crippen molar-refractivity contribution >= 4 is 5.69 Å². The number of anilines is 1. The maximum absolute atomic E-state index is 6.03. The van der Waals surface area contributed by atoms with Crippen LogP contribution in [0.3, 0.4) is 0 Å². The number of nitrogens with zero attached hydrogens (tertiary/aromatic N) is 6. The third kappa shape index (κ3) is 4.36. The molecule has 0 aliphatic carbocycles. The molecular formula is C22H21N7O2. The molecule has 0 saturated carbocycles. The molecule has 1 aliphatic rings. The number of morpholine rings is 1. The summed E-state index contributed by atoms with van der Waals surface area (Å²) in [6.07, 6.45) is 3.26. The number of ether oxygens (including phenoxy) is 2. The Labute approximate surface area is 179 Å². The SMILES string of the molecule is c1cc(OCc2ccc(-c3nccnc3-c3nn[nH]n3)cc2)cc(N2CCOCC2)c1. The van der Waals surface area contributed by atoms with E-state index in [9.17, 15) is 0 Å². The van der Waals surface area contributed by atoms with E-state index in [1.807, 2.05) is 36.4 Å². The Morgan fingerprint density at radius 2 is 1.77 bits per heavy atom. The molecule has 0 unspecified atom stereocenters. The highest BCUT2D eigenvalue weighted by molar-refractivity contribution is 5.73. The largest absolute Gasteiger partial charge is 0.489 e. The van der Waals surface area contributed by atoms with Gasteiger partial charge in [0.15, 0.2) is 0 Å². The normalized spacial score (nSPS) is 13.9. The zero-order chi connectivity index (χ0) is 20.9. The van der Waals surface area contributed by atoms with Crippen LogP contribution in [0.1, 0.15) is 5.56 Å². The van der Waals surface area contributed by atoms with Crippen molar-refractivity contribution in [2.75, 3.05) is 31.2 Å². The van der Waals surface area contributed by atoms with Gasteiger partial charge in [0.25, 0.3) is 0 Å². The van der Waals surface area contributed by atoms with Crippen LogP contribution in [-0.4, -0.2) is 56.9 Å². The molecule has 9 nitrogen and oxygen atoms in total. The highest BCUT2D eigenvalue weighted by Crippen LogP contribution is 2.26. The number of nitrogens with one attached hydrogen (secondary N) is 1. The fraction of sp³-hybridized carbons (Fsp3) is 0.227. The van der Waals surface area contributed by atoms with Gasteiger partial charge in [-0.25, -0.2) is 4.98 Å².